The van der Waals surface area contributed by atoms with Gasteiger partial charge in [-0.25, -0.2) is 4.79 Å². The summed E-state index contributed by atoms with van der Waals surface area (Å²) in [7, 11) is 3.05. The summed E-state index contributed by atoms with van der Waals surface area (Å²) in [6, 6.07) is 19.4. The maximum absolute atomic E-state index is 14.2. The number of fused-ring (bicyclic) bond motifs is 4. The molecule has 0 spiro atoms. The van der Waals surface area contributed by atoms with Gasteiger partial charge < -0.3 is 14.2 Å². The molecular formula is C28H28N2O5. The summed E-state index contributed by atoms with van der Waals surface area (Å²) in [6.45, 7) is 3.97. The third-order valence-electron chi connectivity index (χ3n) is 6.76. The molecule has 0 aromatic heterocycles. The molecular weight excluding hydrogens is 444 g/mol. The second-order valence-electron chi connectivity index (χ2n) is 8.95. The summed E-state index contributed by atoms with van der Waals surface area (Å²) in [4.78, 5) is 31.1. The summed E-state index contributed by atoms with van der Waals surface area (Å²) in [5, 5.41) is 0. The van der Waals surface area contributed by atoms with Gasteiger partial charge in [0.2, 0.25) is 0 Å². The Morgan fingerprint density at radius 2 is 1.74 bits per heavy atom. The number of imide groups is 1. The second kappa shape index (κ2) is 8.65. The molecule has 3 aromatic carbocycles. The second-order valence-corrected chi connectivity index (χ2v) is 8.95. The molecule has 0 N–H and O–H groups in total. The molecule has 0 saturated carbocycles. The van der Waals surface area contributed by atoms with E-state index in [-0.39, 0.29) is 0 Å². The van der Waals surface area contributed by atoms with E-state index in [1.54, 1.807) is 23.1 Å². The Morgan fingerprint density at radius 3 is 2.43 bits per heavy atom. The number of hydrogen-bond acceptors (Lipinski definition) is 5. The van der Waals surface area contributed by atoms with Crippen molar-refractivity contribution in [3.63, 3.8) is 0 Å². The monoisotopic (exact) mass is 472 g/mol. The van der Waals surface area contributed by atoms with E-state index in [1.165, 1.54) is 19.1 Å². The maximum Gasteiger partial charge on any atom is 0.335 e. The van der Waals surface area contributed by atoms with Crippen molar-refractivity contribution in [1.29, 1.82) is 0 Å². The van der Waals surface area contributed by atoms with Crippen molar-refractivity contribution < 1.29 is 23.8 Å². The van der Waals surface area contributed by atoms with Crippen molar-refractivity contribution >= 4 is 17.6 Å². The lowest BCUT2D eigenvalue weighted by Crippen LogP contribution is -2.67. The fraction of sp³-hybridized carbons (Fsp3) is 0.286. The minimum atomic E-state index is -0.953. The van der Waals surface area contributed by atoms with Crippen LogP contribution in [0.5, 0.6) is 17.2 Å². The standard InChI is InChI=1S/C28H28N2O5/c1-5-18-9-8-10-20(13-18)30-27(32)29(26(31)19-14-21(33-3)16-22(15-19)34-4)24-17-28(30,2)35-25-12-7-6-11-23(24)25/h6-16,24H,5,17H2,1-4H3/t24-,28+/m0/s1. The highest BCUT2D eigenvalue weighted by atomic mass is 16.5. The molecule has 180 valence electrons. The number of aryl methyl sites for hydroxylation is 1. The van der Waals surface area contributed by atoms with E-state index in [1.807, 2.05) is 55.5 Å². The molecule has 3 aromatic rings. The molecule has 1 fully saturated rings. The van der Waals surface area contributed by atoms with Gasteiger partial charge in [-0.05, 0) is 49.2 Å². The molecule has 3 amide bonds. The quantitative estimate of drug-likeness (QED) is 0.484. The van der Waals surface area contributed by atoms with Gasteiger partial charge in [0.15, 0.2) is 5.72 Å². The highest BCUT2D eigenvalue weighted by Gasteiger charge is 2.55. The molecule has 2 heterocycles. The predicted molar refractivity (Wildman–Crippen MR) is 132 cm³/mol. The summed E-state index contributed by atoms with van der Waals surface area (Å²) < 4.78 is 17.2. The van der Waals surface area contributed by atoms with E-state index < -0.39 is 23.7 Å². The van der Waals surface area contributed by atoms with E-state index in [4.69, 9.17) is 14.2 Å². The highest BCUT2D eigenvalue weighted by molar-refractivity contribution is 6.10. The number of urea groups is 1. The molecule has 35 heavy (non-hydrogen) atoms. The van der Waals surface area contributed by atoms with Gasteiger partial charge in [-0.3, -0.25) is 14.6 Å². The Kier molecular flexibility index (Phi) is 5.63. The van der Waals surface area contributed by atoms with E-state index in [0.717, 1.165) is 17.5 Å². The zero-order chi connectivity index (χ0) is 24.7. The lowest BCUT2D eigenvalue weighted by molar-refractivity contribution is 0.00265. The lowest BCUT2D eigenvalue weighted by atomic mass is 9.88. The number of nitrogens with zero attached hydrogens (tertiary/aromatic N) is 2. The van der Waals surface area contributed by atoms with Crippen LogP contribution in [0.4, 0.5) is 10.5 Å². The number of rotatable bonds is 5. The number of hydrogen-bond donors (Lipinski definition) is 0. The van der Waals surface area contributed by atoms with Crippen LogP contribution in [0.2, 0.25) is 0 Å². The van der Waals surface area contributed by atoms with Gasteiger partial charge in [-0.2, -0.15) is 0 Å². The number of methoxy groups -OCH3 is 2. The zero-order valence-corrected chi connectivity index (χ0v) is 20.3. The fourth-order valence-corrected chi connectivity index (χ4v) is 5.00. The van der Waals surface area contributed by atoms with Crippen LogP contribution in [0.3, 0.4) is 0 Å². The summed E-state index contributed by atoms with van der Waals surface area (Å²) in [5.74, 6) is 1.19. The molecule has 0 unspecified atom stereocenters. The van der Waals surface area contributed by atoms with Crippen molar-refractivity contribution in [1.82, 2.24) is 4.90 Å². The third-order valence-corrected chi connectivity index (χ3v) is 6.76. The predicted octanol–water partition coefficient (Wildman–Crippen LogP) is 5.59. The van der Waals surface area contributed by atoms with Crippen LogP contribution in [0.25, 0.3) is 0 Å². The van der Waals surface area contributed by atoms with E-state index in [9.17, 15) is 9.59 Å². The Labute approximate surface area is 204 Å². The van der Waals surface area contributed by atoms with Gasteiger partial charge >= 0.3 is 6.03 Å². The van der Waals surface area contributed by atoms with Crippen LogP contribution < -0.4 is 19.1 Å². The number of amides is 3. The molecule has 0 aliphatic carbocycles. The largest absolute Gasteiger partial charge is 0.497 e. The van der Waals surface area contributed by atoms with Gasteiger partial charge in [0, 0.05) is 29.3 Å². The first-order valence-corrected chi connectivity index (χ1v) is 11.7. The summed E-state index contributed by atoms with van der Waals surface area (Å²) in [5.41, 5.74) is 1.95. The zero-order valence-electron chi connectivity index (χ0n) is 20.3. The van der Waals surface area contributed by atoms with Crippen LogP contribution >= 0.6 is 0 Å². The Bertz CT molecular complexity index is 1280. The SMILES string of the molecule is CCc1cccc(N2C(=O)N(C(=O)c3cc(OC)cc(OC)c3)[C@H]3C[C@@]2(C)Oc2ccccc23)c1. The molecule has 2 aliphatic heterocycles. The van der Waals surface area contributed by atoms with Crippen molar-refractivity contribution in [2.24, 2.45) is 0 Å². The molecule has 7 heteroatoms. The van der Waals surface area contributed by atoms with Crippen molar-refractivity contribution in [3.8, 4) is 17.2 Å². The summed E-state index contributed by atoms with van der Waals surface area (Å²) in [6.07, 6.45) is 1.25. The molecule has 2 aliphatic rings. The van der Waals surface area contributed by atoms with Gasteiger partial charge in [0.05, 0.1) is 20.3 Å². The number of ether oxygens (including phenoxy) is 3. The van der Waals surface area contributed by atoms with Crippen LogP contribution in [-0.2, 0) is 6.42 Å². The topological polar surface area (TPSA) is 68.3 Å². The minimum Gasteiger partial charge on any atom is -0.497 e. The van der Waals surface area contributed by atoms with E-state index in [2.05, 4.69) is 6.92 Å². The van der Waals surface area contributed by atoms with Crippen molar-refractivity contribution in [2.75, 3.05) is 19.1 Å². The summed E-state index contributed by atoms with van der Waals surface area (Å²) >= 11 is 0. The molecule has 2 atom stereocenters. The number of carbonyl (C=O) groups is 2. The highest BCUT2D eigenvalue weighted by Crippen LogP contribution is 2.49. The van der Waals surface area contributed by atoms with Gasteiger partial charge in [-0.1, -0.05) is 37.3 Å². The minimum absolute atomic E-state index is 0.310. The number of para-hydroxylation sites is 1. The number of benzene rings is 3. The smallest absolute Gasteiger partial charge is 0.335 e. The molecule has 1 saturated heterocycles. The first-order chi connectivity index (χ1) is 16.9. The molecule has 0 radical (unpaired) electrons. The first-order valence-electron chi connectivity index (χ1n) is 11.7. The average molecular weight is 473 g/mol. The number of carbonyl (C=O) groups excluding carboxylic acids is 2. The normalized spacial score (nSPS) is 20.7. The van der Waals surface area contributed by atoms with Crippen LogP contribution in [-0.4, -0.2) is 36.8 Å². The Morgan fingerprint density at radius 1 is 1.03 bits per heavy atom. The van der Waals surface area contributed by atoms with E-state index >= 15 is 0 Å². The van der Waals surface area contributed by atoms with E-state index in [0.29, 0.717) is 34.9 Å². The van der Waals surface area contributed by atoms with Gasteiger partial charge in [0.1, 0.15) is 17.2 Å². The van der Waals surface area contributed by atoms with Crippen LogP contribution in [0, 0.1) is 0 Å². The first kappa shape index (κ1) is 22.8. The van der Waals surface area contributed by atoms with Crippen LogP contribution in [0.15, 0.2) is 66.7 Å². The lowest BCUT2D eigenvalue weighted by Gasteiger charge is -2.53. The van der Waals surface area contributed by atoms with Crippen molar-refractivity contribution in [3.05, 3.63) is 83.4 Å². The maximum atomic E-state index is 14.2. The van der Waals surface area contributed by atoms with Gasteiger partial charge in [0.25, 0.3) is 5.91 Å². The number of anilines is 1. The Balaban J connectivity index is 1.67. The molecule has 5 rings (SSSR count). The molecule has 2 bridgehead atoms. The molecule has 7 nitrogen and oxygen atoms in total. The third kappa shape index (κ3) is 3.77. The van der Waals surface area contributed by atoms with Crippen molar-refractivity contribution in [2.45, 2.75) is 38.5 Å². The fourth-order valence-electron chi connectivity index (χ4n) is 5.00. The van der Waals surface area contributed by atoms with Gasteiger partial charge in [-0.15, -0.1) is 0 Å². The Hall–Kier alpha value is -4.00. The van der Waals surface area contributed by atoms with Crippen LogP contribution in [0.1, 0.15) is 47.8 Å². The average Bonchev–Trinajstić information content (AvgIpc) is 2.87.